The number of carbonyl (C=O) groups excluding carboxylic acids is 1. The van der Waals surface area contributed by atoms with Crippen LogP contribution in [-0.2, 0) is 4.79 Å². The molecule has 0 saturated carbocycles. The van der Waals surface area contributed by atoms with Gasteiger partial charge in [0.05, 0.1) is 6.10 Å². The van der Waals surface area contributed by atoms with Crippen molar-refractivity contribution in [2.24, 2.45) is 0 Å². The summed E-state index contributed by atoms with van der Waals surface area (Å²) in [6.07, 6.45) is 3.46. The molecule has 0 aromatic heterocycles. The van der Waals surface area contributed by atoms with Crippen molar-refractivity contribution in [3.63, 3.8) is 0 Å². The first kappa shape index (κ1) is 15.8. The summed E-state index contributed by atoms with van der Waals surface area (Å²) >= 11 is 0. The number of ether oxygens (including phenoxy) is 1. The molecule has 3 heteroatoms. The number of rotatable bonds is 5. The van der Waals surface area contributed by atoms with E-state index in [-0.39, 0.29) is 12.0 Å². The molecule has 1 N–H and O–H groups in total. The van der Waals surface area contributed by atoms with Gasteiger partial charge in [-0.3, -0.25) is 4.79 Å². The second kappa shape index (κ2) is 7.46. The maximum atomic E-state index is 11.9. The Hall–Kier alpha value is -2.55. The molecule has 22 heavy (non-hydrogen) atoms. The van der Waals surface area contributed by atoms with Gasteiger partial charge in [-0.25, -0.2) is 0 Å². The largest absolute Gasteiger partial charge is 0.491 e. The Bertz CT molecular complexity index is 640. The molecule has 2 aromatic rings. The number of hydrogen-bond donors (Lipinski definition) is 1. The van der Waals surface area contributed by atoms with Crippen molar-refractivity contribution in [2.75, 3.05) is 5.32 Å². The van der Waals surface area contributed by atoms with Crippen LogP contribution < -0.4 is 10.1 Å². The molecule has 2 rings (SSSR count). The van der Waals surface area contributed by atoms with E-state index in [4.69, 9.17) is 4.74 Å². The summed E-state index contributed by atoms with van der Waals surface area (Å²) in [6, 6.07) is 15.4. The fourth-order valence-electron chi connectivity index (χ4n) is 1.92. The van der Waals surface area contributed by atoms with E-state index in [1.807, 2.05) is 69.3 Å². The van der Waals surface area contributed by atoms with Crippen molar-refractivity contribution >= 4 is 17.7 Å². The molecule has 0 spiro atoms. The summed E-state index contributed by atoms with van der Waals surface area (Å²) in [5.74, 6) is 0.640. The molecule has 0 fully saturated rings. The second-order valence-electron chi connectivity index (χ2n) is 5.42. The number of amides is 1. The monoisotopic (exact) mass is 295 g/mol. The maximum Gasteiger partial charge on any atom is 0.248 e. The molecule has 114 valence electrons. The average molecular weight is 295 g/mol. The van der Waals surface area contributed by atoms with Crippen LogP contribution in [0.25, 0.3) is 6.08 Å². The first-order valence-corrected chi connectivity index (χ1v) is 7.35. The predicted octanol–water partition coefficient (Wildman–Crippen LogP) is 4.43. The number of hydrogen-bond acceptors (Lipinski definition) is 2. The zero-order chi connectivity index (χ0) is 15.9. The van der Waals surface area contributed by atoms with Crippen LogP contribution in [0, 0.1) is 6.92 Å². The summed E-state index contributed by atoms with van der Waals surface area (Å²) in [5.41, 5.74) is 2.95. The van der Waals surface area contributed by atoms with Gasteiger partial charge in [0.2, 0.25) is 5.91 Å². The van der Waals surface area contributed by atoms with Gasteiger partial charge in [-0.05, 0) is 56.7 Å². The topological polar surface area (TPSA) is 38.3 Å². The Morgan fingerprint density at radius 2 is 1.68 bits per heavy atom. The van der Waals surface area contributed by atoms with E-state index in [1.54, 1.807) is 6.08 Å². The molecule has 3 nitrogen and oxygen atoms in total. The zero-order valence-electron chi connectivity index (χ0n) is 13.2. The first-order valence-electron chi connectivity index (χ1n) is 7.35. The Balaban J connectivity index is 1.92. The fourth-order valence-corrected chi connectivity index (χ4v) is 1.92. The van der Waals surface area contributed by atoms with Crippen LogP contribution in [0.2, 0.25) is 0 Å². The summed E-state index contributed by atoms with van der Waals surface area (Å²) < 4.78 is 5.56. The Labute approximate surface area is 131 Å². The summed E-state index contributed by atoms with van der Waals surface area (Å²) in [7, 11) is 0. The highest BCUT2D eigenvalue weighted by atomic mass is 16.5. The first-order chi connectivity index (χ1) is 10.5. The van der Waals surface area contributed by atoms with Gasteiger partial charge < -0.3 is 10.1 Å². The predicted molar refractivity (Wildman–Crippen MR) is 91.0 cm³/mol. The number of carbonyl (C=O) groups is 1. The Morgan fingerprint density at radius 1 is 1.05 bits per heavy atom. The number of benzene rings is 2. The van der Waals surface area contributed by atoms with Gasteiger partial charge >= 0.3 is 0 Å². The lowest BCUT2D eigenvalue weighted by atomic mass is 10.1. The number of nitrogens with one attached hydrogen (secondary N) is 1. The molecule has 0 atom stereocenters. The third kappa shape index (κ3) is 5.09. The molecule has 0 aliphatic heterocycles. The van der Waals surface area contributed by atoms with Crippen LogP contribution in [0.3, 0.4) is 0 Å². The fraction of sp³-hybridized carbons (Fsp3) is 0.211. The van der Waals surface area contributed by atoms with Crippen molar-refractivity contribution in [3.05, 3.63) is 65.7 Å². The van der Waals surface area contributed by atoms with E-state index in [1.165, 1.54) is 11.6 Å². The molecule has 2 aromatic carbocycles. The minimum absolute atomic E-state index is 0.137. The van der Waals surface area contributed by atoms with E-state index in [0.717, 1.165) is 17.0 Å². The van der Waals surface area contributed by atoms with E-state index in [9.17, 15) is 4.79 Å². The standard InChI is InChI=1S/C19H21NO2/c1-14(2)22-18-11-9-17(10-12-18)20-19(21)13-8-16-6-4-15(3)5-7-16/h4-14H,1-3H3,(H,20,21). The van der Waals surface area contributed by atoms with Gasteiger partial charge in [0.25, 0.3) is 0 Å². The van der Waals surface area contributed by atoms with Crippen LogP contribution in [0.1, 0.15) is 25.0 Å². The van der Waals surface area contributed by atoms with Crippen LogP contribution in [0.5, 0.6) is 5.75 Å². The van der Waals surface area contributed by atoms with E-state index >= 15 is 0 Å². The van der Waals surface area contributed by atoms with E-state index in [0.29, 0.717) is 0 Å². The van der Waals surface area contributed by atoms with Crippen molar-refractivity contribution in [3.8, 4) is 5.75 Å². The molecule has 0 heterocycles. The normalized spacial score (nSPS) is 10.9. The SMILES string of the molecule is Cc1ccc(C=CC(=O)Nc2ccc(OC(C)C)cc2)cc1. The lowest BCUT2D eigenvalue weighted by Gasteiger charge is -2.10. The summed E-state index contributed by atoms with van der Waals surface area (Å²) in [4.78, 5) is 11.9. The molecule has 0 aliphatic rings. The number of anilines is 1. The van der Waals surface area contributed by atoms with Crippen LogP contribution in [0.4, 0.5) is 5.69 Å². The summed E-state index contributed by atoms with van der Waals surface area (Å²) in [5, 5.41) is 2.82. The molecule has 0 bridgehead atoms. The Morgan fingerprint density at radius 3 is 2.27 bits per heavy atom. The lowest BCUT2D eigenvalue weighted by molar-refractivity contribution is -0.111. The van der Waals surface area contributed by atoms with Gasteiger partial charge in [-0.2, -0.15) is 0 Å². The third-order valence-corrected chi connectivity index (χ3v) is 3.00. The lowest BCUT2D eigenvalue weighted by Crippen LogP contribution is -2.08. The molecule has 0 aliphatic carbocycles. The van der Waals surface area contributed by atoms with Gasteiger partial charge in [0, 0.05) is 11.8 Å². The summed E-state index contributed by atoms with van der Waals surface area (Å²) in [6.45, 7) is 5.99. The highest BCUT2D eigenvalue weighted by molar-refractivity contribution is 6.01. The number of aryl methyl sites for hydroxylation is 1. The van der Waals surface area contributed by atoms with Gasteiger partial charge in [-0.1, -0.05) is 29.8 Å². The van der Waals surface area contributed by atoms with Gasteiger partial charge in [0.15, 0.2) is 0 Å². The van der Waals surface area contributed by atoms with Crippen LogP contribution in [0.15, 0.2) is 54.6 Å². The maximum absolute atomic E-state index is 11.9. The molecular weight excluding hydrogens is 274 g/mol. The Kier molecular flexibility index (Phi) is 5.37. The third-order valence-electron chi connectivity index (χ3n) is 3.00. The molecule has 0 radical (unpaired) electrons. The molecule has 0 unspecified atom stereocenters. The molecule has 0 saturated heterocycles. The second-order valence-corrected chi connectivity index (χ2v) is 5.42. The van der Waals surface area contributed by atoms with Crippen LogP contribution in [-0.4, -0.2) is 12.0 Å². The highest BCUT2D eigenvalue weighted by Gasteiger charge is 2.00. The van der Waals surface area contributed by atoms with Crippen molar-refractivity contribution < 1.29 is 9.53 Å². The van der Waals surface area contributed by atoms with Crippen molar-refractivity contribution in [1.29, 1.82) is 0 Å². The van der Waals surface area contributed by atoms with Crippen LogP contribution >= 0.6 is 0 Å². The average Bonchev–Trinajstić information content (AvgIpc) is 2.48. The van der Waals surface area contributed by atoms with E-state index in [2.05, 4.69) is 5.32 Å². The minimum atomic E-state index is -0.155. The molecular formula is C19H21NO2. The zero-order valence-corrected chi connectivity index (χ0v) is 13.2. The quantitative estimate of drug-likeness (QED) is 0.828. The molecule has 1 amide bonds. The highest BCUT2D eigenvalue weighted by Crippen LogP contribution is 2.17. The minimum Gasteiger partial charge on any atom is -0.491 e. The smallest absolute Gasteiger partial charge is 0.248 e. The van der Waals surface area contributed by atoms with E-state index < -0.39 is 0 Å². The van der Waals surface area contributed by atoms with Gasteiger partial charge in [0.1, 0.15) is 5.75 Å². The van der Waals surface area contributed by atoms with Crippen molar-refractivity contribution in [2.45, 2.75) is 26.9 Å². The van der Waals surface area contributed by atoms with Crippen molar-refractivity contribution in [1.82, 2.24) is 0 Å². The van der Waals surface area contributed by atoms with Gasteiger partial charge in [-0.15, -0.1) is 0 Å².